The summed E-state index contributed by atoms with van der Waals surface area (Å²) in [6.45, 7) is 14.2. The predicted octanol–water partition coefficient (Wildman–Crippen LogP) is 3.04. The molecular weight excluding hydrogens is 496 g/mol. The lowest BCUT2D eigenvalue weighted by Gasteiger charge is -2.33. The van der Waals surface area contributed by atoms with E-state index in [9.17, 15) is 4.39 Å². The normalized spacial score (nSPS) is 17.7. The van der Waals surface area contributed by atoms with E-state index in [2.05, 4.69) is 48.3 Å². The summed E-state index contributed by atoms with van der Waals surface area (Å²) >= 11 is 0. The molecule has 1 saturated heterocycles. The van der Waals surface area contributed by atoms with E-state index in [0.717, 1.165) is 58.2 Å². The summed E-state index contributed by atoms with van der Waals surface area (Å²) in [4.78, 5) is 9.67. The average molecular weight is 535 g/mol. The van der Waals surface area contributed by atoms with Crippen molar-refractivity contribution in [3.05, 3.63) is 30.1 Å². The van der Waals surface area contributed by atoms with Crippen LogP contribution in [0.2, 0.25) is 0 Å². The molecule has 8 heteroatoms. The third kappa shape index (κ3) is 10.3. The number of guanidine groups is 1. The Morgan fingerprint density at radius 2 is 1.93 bits per heavy atom. The maximum absolute atomic E-state index is 13.4. The molecule has 0 bridgehead atoms. The maximum atomic E-state index is 13.4. The zero-order valence-corrected chi connectivity index (χ0v) is 21.2. The Morgan fingerprint density at radius 3 is 2.57 bits per heavy atom. The molecule has 2 atom stereocenters. The van der Waals surface area contributed by atoms with Crippen LogP contribution in [-0.2, 0) is 0 Å². The number of ether oxygens (including phenoxy) is 1. The van der Waals surface area contributed by atoms with Gasteiger partial charge in [-0.25, -0.2) is 4.39 Å². The quantitative estimate of drug-likeness (QED) is 0.274. The van der Waals surface area contributed by atoms with Crippen LogP contribution in [0, 0.1) is 11.7 Å². The first-order valence-corrected chi connectivity index (χ1v) is 10.9. The zero-order chi connectivity index (χ0) is 21.1. The third-order valence-electron chi connectivity index (χ3n) is 5.12. The van der Waals surface area contributed by atoms with Gasteiger partial charge in [-0.2, -0.15) is 0 Å². The highest BCUT2D eigenvalue weighted by atomic mass is 127. The molecule has 0 saturated carbocycles. The van der Waals surface area contributed by atoms with Gasteiger partial charge in [-0.15, -0.1) is 24.0 Å². The molecule has 2 N–H and O–H groups in total. The van der Waals surface area contributed by atoms with Crippen molar-refractivity contribution >= 4 is 29.9 Å². The van der Waals surface area contributed by atoms with Crippen molar-refractivity contribution < 1.29 is 9.13 Å². The van der Waals surface area contributed by atoms with Gasteiger partial charge in [-0.3, -0.25) is 4.99 Å². The first-order chi connectivity index (χ1) is 14.0. The molecule has 1 fully saturated rings. The van der Waals surface area contributed by atoms with Gasteiger partial charge in [0.25, 0.3) is 0 Å². The second-order valence-corrected chi connectivity index (χ2v) is 7.92. The van der Waals surface area contributed by atoms with Gasteiger partial charge in [0.1, 0.15) is 17.7 Å². The van der Waals surface area contributed by atoms with Crippen molar-refractivity contribution in [2.45, 2.75) is 33.3 Å². The lowest BCUT2D eigenvalue weighted by molar-refractivity contribution is 0.140. The molecule has 6 nitrogen and oxygen atoms in total. The maximum Gasteiger partial charge on any atom is 0.191 e. The first-order valence-electron chi connectivity index (χ1n) is 10.9. The number of nitrogens with one attached hydrogen (secondary N) is 2. The van der Waals surface area contributed by atoms with E-state index < -0.39 is 0 Å². The van der Waals surface area contributed by atoms with Crippen molar-refractivity contribution in [3.63, 3.8) is 0 Å². The number of hydrogen-bond acceptors (Lipinski definition) is 4. The van der Waals surface area contributed by atoms with Crippen LogP contribution in [0.25, 0.3) is 0 Å². The van der Waals surface area contributed by atoms with Gasteiger partial charge in [-0.1, -0.05) is 19.9 Å². The minimum atomic E-state index is -0.283. The summed E-state index contributed by atoms with van der Waals surface area (Å²) in [6, 6.07) is 6.29. The highest BCUT2D eigenvalue weighted by Gasteiger charge is 2.16. The molecule has 0 radical (unpaired) electrons. The fourth-order valence-corrected chi connectivity index (χ4v) is 3.33. The standard InChI is InChI=1S/C22H38FN5O.HI/c1-5-20(29-21-9-7-8-19(23)14-21)16-26-22(24-6-2)25-15-18(3)17-28-12-10-27(4)11-13-28;/h7-9,14,18,20H,5-6,10-13,15-17H2,1-4H3,(H2,24,25,26);1H. The molecule has 1 aliphatic heterocycles. The fraction of sp³-hybridized carbons (Fsp3) is 0.682. The molecular formula is C22H39FIN5O. The van der Waals surface area contributed by atoms with Gasteiger partial charge < -0.3 is 25.2 Å². The van der Waals surface area contributed by atoms with E-state index in [0.29, 0.717) is 18.2 Å². The molecule has 1 heterocycles. The van der Waals surface area contributed by atoms with Gasteiger partial charge in [0.15, 0.2) is 5.96 Å². The van der Waals surface area contributed by atoms with Crippen molar-refractivity contribution in [3.8, 4) is 5.75 Å². The van der Waals surface area contributed by atoms with Gasteiger partial charge in [0.05, 0.1) is 6.54 Å². The monoisotopic (exact) mass is 535 g/mol. The van der Waals surface area contributed by atoms with Crippen molar-refractivity contribution in [2.24, 2.45) is 10.9 Å². The van der Waals surface area contributed by atoms with Gasteiger partial charge in [0.2, 0.25) is 0 Å². The molecule has 1 aromatic rings. The Labute approximate surface area is 198 Å². The Hall–Kier alpha value is -1.13. The highest BCUT2D eigenvalue weighted by Crippen LogP contribution is 2.14. The molecule has 172 valence electrons. The van der Waals surface area contributed by atoms with E-state index in [1.54, 1.807) is 12.1 Å². The minimum absolute atomic E-state index is 0. The summed E-state index contributed by atoms with van der Waals surface area (Å²) in [5.41, 5.74) is 0. The molecule has 30 heavy (non-hydrogen) atoms. The van der Waals surface area contributed by atoms with Crippen LogP contribution >= 0.6 is 24.0 Å². The Kier molecular flexibility index (Phi) is 13.3. The second kappa shape index (κ2) is 14.8. The summed E-state index contributed by atoms with van der Waals surface area (Å²) in [5.74, 6) is 1.58. The number of halogens is 2. The smallest absolute Gasteiger partial charge is 0.191 e. The van der Waals surface area contributed by atoms with E-state index in [4.69, 9.17) is 9.73 Å². The van der Waals surface area contributed by atoms with E-state index in [-0.39, 0.29) is 35.9 Å². The number of hydrogen-bond donors (Lipinski definition) is 2. The van der Waals surface area contributed by atoms with Crippen LogP contribution in [0.3, 0.4) is 0 Å². The van der Waals surface area contributed by atoms with Gasteiger partial charge in [0, 0.05) is 51.9 Å². The Morgan fingerprint density at radius 1 is 1.20 bits per heavy atom. The number of nitrogens with zero attached hydrogens (tertiary/aromatic N) is 3. The van der Waals surface area contributed by atoms with E-state index in [1.807, 2.05) is 0 Å². The van der Waals surface area contributed by atoms with Crippen LogP contribution in [-0.4, -0.2) is 81.3 Å². The second-order valence-electron chi connectivity index (χ2n) is 7.92. The topological polar surface area (TPSA) is 52.1 Å². The minimum Gasteiger partial charge on any atom is -0.489 e. The zero-order valence-electron chi connectivity index (χ0n) is 18.9. The van der Waals surface area contributed by atoms with Crippen LogP contribution in [0.1, 0.15) is 27.2 Å². The lowest BCUT2D eigenvalue weighted by Crippen LogP contribution is -2.46. The molecule has 0 amide bonds. The Bertz CT molecular complexity index is 625. The van der Waals surface area contributed by atoms with E-state index in [1.165, 1.54) is 12.1 Å². The van der Waals surface area contributed by atoms with Crippen molar-refractivity contribution in [1.82, 2.24) is 20.4 Å². The fourth-order valence-electron chi connectivity index (χ4n) is 3.33. The molecule has 0 spiro atoms. The number of aliphatic imine (C=N–C) groups is 1. The lowest BCUT2D eigenvalue weighted by atomic mass is 10.1. The molecule has 0 aromatic heterocycles. The largest absolute Gasteiger partial charge is 0.489 e. The average Bonchev–Trinajstić information content (AvgIpc) is 2.70. The third-order valence-corrected chi connectivity index (χ3v) is 5.12. The van der Waals surface area contributed by atoms with E-state index >= 15 is 0 Å². The molecule has 0 aliphatic carbocycles. The molecule has 2 rings (SSSR count). The summed E-state index contributed by atoms with van der Waals surface area (Å²) in [7, 11) is 2.18. The summed E-state index contributed by atoms with van der Waals surface area (Å²) < 4.78 is 19.3. The summed E-state index contributed by atoms with van der Waals surface area (Å²) in [5, 5.41) is 6.67. The summed E-state index contributed by atoms with van der Waals surface area (Å²) in [6.07, 6.45) is 0.770. The highest BCUT2D eigenvalue weighted by molar-refractivity contribution is 14.0. The van der Waals surface area contributed by atoms with Gasteiger partial charge in [-0.05, 0) is 38.4 Å². The number of piperazine rings is 1. The molecule has 1 aliphatic rings. The number of rotatable bonds is 10. The van der Waals surface area contributed by atoms with Crippen LogP contribution in [0.5, 0.6) is 5.75 Å². The SMILES string of the molecule is CCNC(=NCC(C)CN1CCN(C)CC1)NCC(CC)Oc1cccc(F)c1.I. The van der Waals surface area contributed by atoms with Crippen molar-refractivity contribution in [2.75, 3.05) is 59.4 Å². The van der Waals surface area contributed by atoms with Crippen LogP contribution < -0.4 is 15.4 Å². The number of likely N-dealkylation sites (N-methyl/N-ethyl adjacent to an activating group) is 1. The molecule has 2 unspecified atom stereocenters. The van der Waals surface area contributed by atoms with Crippen LogP contribution in [0.4, 0.5) is 4.39 Å². The predicted molar refractivity (Wildman–Crippen MR) is 134 cm³/mol. The van der Waals surface area contributed by atoms with Gasteiger partial charge >= 0.3 is 0 Å². The number of benzene rings is 1. The molecule has 1 aromatic carbocycles. The first kappa shape index (κ1) is 26.9. The van der Waals surface area contributed by atoms with Crippen molar-refractivity contribution in [1.29, 1.82) is 0 Å². The van der Waals surface area contributed by atoms with Crippen LogP contribution in [0.15, 0.2) is 29.3 Å². The Balaban J connectivity index is 0.00000450.